The Hall–Kier alpha value is -2.32. The number of amides is 2. The van der Waals surface area contributed by atoms with Crippen molar-refractivity contribution >= 4 is 35.3 Å². The fourth-order valence-corrected chi connectivity index (χ4v) is 5.61. The molecule has 0 unspecified atom stereocenters. The van der Waals surface area contributed by atoms with E-state index in [1.165, 1.54) is 33.5 Å². The van der Waals surface area contributed by atoms with Crippen LogP contribution in [-0.4, -0.2) is 46.1 Å². The molecule has 1 saturated heterocycles. The number of phenolic OH excluding ortho intramolecular Hbond substituents is 1. The number of aryl methyl sites for hydroxylation is 1. The molecule has 2 amide bonds. The van der Waals surface area contributed by atoms with Gasteiger partial charge in [-0.05, 0) is 32.4 Å². The molecule has 28 heavy (non-hydrogen) atoms. The summed E-state index contributed by atoms with van der Waals surface area (Å²) in [5.41, 5.74) is 0.779. The van der Waals surface area contributed by atoms with Crippen molar-refractivity contribution in [2.75, 3.05) is 13.1 Å². The maximum Gasteiger partial charge on any atom is 0.280 e. The number of hydrogen-bond acceptors (Lipinski definition) is 6. The Kier molecular flexibility index (Phi) is 5.81. The van der Waals surface area contributed by atoms with Crippen molar-refractivity contribution in [2.24, 2.45) is 0 Å². The molecule has 0 bridgehead atoms. The molecule has 0 aliphatic carbocycles. The number of thioether (sulfide) groups is 2. The molecule has 1 aromatic carbocycles. The number of hydrazine groups is 1. The van der Waals surface area contributed by atoms with Gasteiger partial charge in [-0.3, -0.25) is 9.59 Å². The smallest absolute Gasteiger partial charge is 0.280 e. The summed E-state index contributed by atoms with van der Waals surface area (Å²) in [5.74, 6) is 0.0226. The van der Waals surface area contributed by atoms with Crippen molar-refractivity contribution in [3.63, 3.8) is 0 Å². The maximum atomic E-state index is 12.9. The average molecular weight is 419 g/mol. The lowest BCUT2D eigenvalue weighted by molar-refractivity contribution is -0.144. The highest BCUT2D eigenvalue weighted by Crippen LogP contribution is 2.60. The van der Waals surface area contributed by atoms with Crippen LogP contribution in [-0.2, 0) is 9.59 Å². The lowest BCUT2D eigenvalue weighted by Gasteiger charge is -2.24. The molecule has 0 aromatic heterocycles. The minimum Gasteiger partial charge on any atom is -0.506 e. The van der Waals surface area contributed by atoms with E-state index in [-0.39, 0.29) is 42.3 Å². The zero-order valence-corrected chi connectivity index (χ0v) is 17.7. The molecule has 2 aliphatic rings. The number of hydrogen-bond donors (Lipinski definition) is 1. The number of carbonyl (C=O) groups excluding carboxylic acids is 2. The van der Waals surface area contributed by atoms with Gasteiger partial charge in [0, 0.05) is 0 Å². The third-order valence-electron chi connectivity index (χ3n) is 4.11. The molecule has 0 atom stereocenters. The standard InChI is InChI=1S/C20H22N2O4S2/c1-6-8-21-18(24)14(19(25)22(21)9-7-2)20-27-16-13(26-11(3)4)10-12(5)15(23)17(16)28-20/h6-7,10-11,23H,1-2,8-9H2,3-5H3. The first-order valence-electron chi connectivity index (χ1n) is 8.78. The highest BCUT2D eigenvalue weighted by atomic mass is 32.2. The fourth-order valence-electron chi connectivity index (χ4n) is 2.92. The van der Waals surface area contributed by atoms with Crippen molar-refractivity contribution < 1.29 is 19.4 Å². The van der Waals surface area contributed by atoms with Gasteiger partial charge in [0.1, 0.15) is 17.1 Å². The molecule has 3 rings (SSSR count). The van der Waals surface area contributed by atoms with E-state index in [9.17, 15) is 14.7 Å². The summed E-state index contributed by atoms with van der Waals surface area (Å²) in [6, 6.07) is 1.78. The van der Waals surface area contributed by atoms with Crippen LogP contribution in [0.5, 0.6) is 11.5 Å². The van der Waals surface area contributed by atoms with E-state index in [2.05, 4.69) is 13.2 Å². The molecule has 0 spiro atoms. The summed E-state index contributed by atoms with van der Waals surface area (Å²) >= 11 is 2.51. The lowest BCUT2D eigenvalue weighted by atomic mass is 10.2. The van der Waals surface area contributed by atoms with Crippen LogP contribution >= 0.6 is 23.5 Å². The second-order valence-corrected chi connectivity index (χ2v) is 8.88. The Morgan fingerprint density at radius 1 is 1.11 bits per heavy atom. The number of carbonyl (C=O) groups is 2. The third-order valence-corrected chi connectivity index (χ3v) is 6.73. The largest absolute Gasteiger partial charge is 0.506 e. The molecule has 0 radical (unpaired) electrons. The zero-order chi connectivity index (χ0) is 20.6. The third kappa shape index (κ3) is 3.42. The van der Waals surface area contributed by atoms with Crippen molar-refractivity contribution in [1.29, 1.82) is 0 Å². The highest BCUT2D eigenvalue weighted by Gasteiger charge is 2.44. The topological polar surface area (TPSA) is 70.1 Å². The number of benzene rings is 1. The van der Waals surface area contributed by atoms with Gasteiger partial charge in [-0.15, -0.1) is 13.2 Å². The molecular weight excluding hydrogens is 396 g/mol. The van der Waals surface area contributed by atoms with E-state index in [1.54, 1.807) is 25.1 Å². The predicted molar refractivity (Wildman–Crippen MR) is 111 cm³/mol. The van der Waals surface area contributed by atoms with Crippen LogP contribution in [0.2, 0.25) is 0 Å². The highest BCUT2D eigenvalue weighted by molar-refractivity contribution is 8.25. The van der Waals surface area contributed by atoms with Crippen LogP contribution < -0.4 is 4.74 Å². The van der Waals surface area contributed by atoms with Gasteiger partial charge < -0.3 is 9.84 Å². The van der Waals surface area contributed by atoms with E-state index in [0.29, 0.717) is 20.4 Å². The van der Waals surface area contributed by atoms with Gasteiger partial charge in [-0.1, -0.05) is 35.7 Å². The minimum atomic E-state index is -0.378. The Bertz CT molecular complexity index is 878. The predicted octanol–water partition coefficient (Wildman–Crippen LogP) is 3.86. The minimum absolute atomic E-state index is 0.0451. The van der Waals surface area contributed by atoms with Crippen LogP contribution in [0.15, 0.2) is 51.0 Å². The van der Waals surface area contributed by atoms with Crippen molar-refractivity contribution in [3.8, 4) is 11.5 Å². The number of phenols is 1. The number of rotatable bonds is 6. The van der Waals surface area contributed by atoms with E-state index in [0.717, 1.165) is 4.90 Å². The second-order valence-electron chi connectivity index (χ2n) is 6.58. The zero-order valence-electron chi connectivity index (χ0n) is 16.0. The Balaban J connectivity index is 2.07. The molecule has 8 heteroatoms. The van der Waals surface area contributed by atoms with Gasteiger partial charge in [0.15, 0.2) is 0 Å². The Morgan fingerprint density at radius 3 is 2.14 bits per heavy atom. The van der Waals surface area contributed by atoms with Crippen LogP contribution in [0.25, 0.3) is 0 Å². The van der Waals surface area contributed by atoms with Crippen molar-refractivity contribution in [3.05, 3.63) is 46.8 Å². The molecule has 2 aliphatic heterocycles. The number of nitrogens with zero attached hydrogens (tertiary/aromatic N) is 2. The number of ether oxygens (including phenoxy) is 1. The van der Waals surface area contributed by atoms with E-state index < -0.39 is 0 Å². The van der Waals surface area contributed by atoms with Crippen LogP contribution in [0.1, 0.15) is 19.4 Å². The molecular formula is C20H22N2O4S2. The molecule has 1 fully saturated rings. The second kappa shape index (κ2) is 7.97. The fraction of sp³-hybridized carbons (Fsp3) is 0.300. The Morgan fingerprint density at radius 2 is 1.64 bits per heavy atom. The van der Waals surface area contributed by atoms with Crippen molar-refractivity contribution in [2.45, 2.75) is 36.7 Å². The molecule has 148 valence electrons. The number of fused-ring (bicyclic) bond motifs is 1. The van der Waals surface area contributed by atoms with Crippen LogP contribution in [0, 0.1) is 6.92 Å². The quantitative estimate of drug-likeness (QED) is 0.430. The van der Waals surface area contributed by atoms with E-state index in [4.69, 9.17) is 4.74 Å². The summed E-state index contributed by atoms with van der Waals surface area (Å²) in [6.07, 6.45) is 3.10. The summed E-state index contributed by atoms with van der Waals surface area (Å²) in [7, 11) is 0. The SMILES string of the molecule is C=CCN1C(=O)C(=C2Sc3c(OC(C)C)cc(C)c(O)c3S2)C(=O)N1CC=C. The lowest BCUT2D eigenvalue weighted by Crippen LogP contribution is -2.40. The molecule has 6 nitrogen and oxygen atoms in total. The normalized spacial score (nSPS) is 16.3. The van der Waals surface area contributed by atoms with E-state index >= 15 is 0 Å². The van der Waals surface area contributed by atoms with Gasteiger partial charge in [-0.2, -0.15) is 0 Å². The Labute approximate surface area is 172 Å². The first kappa shape index (κ1) is 20.4. The first-order valence-corrected chi connectivity index (χ1v) is 10.4. The molecule has 2 heterocycles. The summed E-state index contributed by atoms with van der Waals surface area (Å²) in [4.78, 5) is 27.2. The summed E-state index contributed by atoms with van der Waals surface area (Å²) in [6.45, 7) is 13.4. The van der Waals surface area contributed by atoms with Crippen LogP contribution in [0.3, 0.4) is 0 Å². The maximum absolute atomic E-state index is 12.9. The van der Waals surface area contributed by atoms with Gasteiger partial charge in [-0.25, -0.2) is 10.0 Å². The van der Waals surface area contributed by atoms with Crippen LogP contribution in [0.4, 0.5) is 0 Å². The average Bonchev–Trinajstić information content (AvgIpc) is 3.15. The summed E-state index contributed by atoms with van der Waals surface area (Å²) < 4.78 is 6.43. The molecule has 1 N–H and O–H groups in total. The van der Waals surface area contributed by atoms with Gasteiger partial charge in [0.2, 0.25) is 0 Å². The molecule has 0 saturated carbocycles. The van der Waals surface area contributed by atoms with Crippen molar-refractivity contribution in [1.82, 2.24) is 10.0 Å². The van der Waals surface area contributed by atoms with E-state index in [1.807, 2.05) is 13.8 Å². The van der Waals surface area contributed by atoms with Gasteiger partial charge in [0.25, 0.3) is 11.8 Å². The number of aromatic hydroxyl groups is 1. The monoisotopic (exact) mass is 418 g/mol. The summed E-state index contributed by atoms with van der Waals surface area (Å²) in [5, 5.41) is 13.2. The van der Waals surface area contributed by atoms with Gasteiger partial charge in [0.05, 0.1) is 33.2 Å². The molecule has 1 aromatic rings. The van der Waals surface area contributed by atoms with Gasteiger partial charge >= 0.3 is 0 Å². The first-order chi connectivity index (χ1) is 13.3.